The number of hydrogen-bond acceptors (Lipinski definition) is 3. The fourth-order valence-electron chi connectivity index (χ4n) is 2.06. The highest BCUT2D eigenvalue weighted by Crippen LogP contribution is 2.26. The Bertz CT molecular complexity index is 705. The maximum atomic E-state index is 12.0. The summed E-state index contributed by atoms with van der Waals surface area (Å²) < 4.78 is 5.24. The van der Waals surface area contributed by atoms with Gasteiger partial charge in [0.25, 0.3) is 0 Å². The Balaban J connectivity index is 1.88. The van der Waals surface area contributed by atoms with Gasteiger partial charge in [0, 0.05) is 18.7 Å². The molecule has 0 aromatic heterocycles. The van der Waals surface area contributed by atoms with Gasteiger partial charge in [-0.25, -0.2) is 0 Å². The molecule has 122 valence electrons. The highest BCUT2D eigenvalue weighted by atomic mass is 35.5. The van der Waals surface area contributed by atoms with Crippen LogP contribution in [0.4, 0.5) is 11.4 Å². The molecule has 0 saturated heterocycles. The van der Waals surface area contributed by atoms with E-state index in [1.807, 2.05) is 31.2 Å². The molecule has 0 spiro atoms. The second-order valence-corrected chi connectivity index (χ2v) is 5.87. The minimum absolute atomic E-state index is 0.0959. The molecule has 0 aliphatic carbocycles. The average molecular weight is 353 g/mol. The summed E-state index contributed by atoms with van der Waals surface area (Å²) in [5, 5.41) is 6.97. The molecule has 2 aromatic rings. The molecule has 0 aliphatic heterocycles. The largest absolute Gasteiger partial charge is 0.495 e. The second kappa shape index (κ2) is 8.09. The molecule has 0 bridgehead atoms. The standard InChI is InChI=1S/C17H18Cl2N2O2/c1-11-3-6-16(23-2)15(9-11)21-17(22)7-8-20-12-4-5-13(18)14(19)10-12/h3-6,9-10,20H,7-8H2,1-2H3,(H,21,22). The van der Waals surface area contributed by atoms with Crippen LogP contribution in [0.1, 0.15) is 12.0 Å². The first-order valence-corrected chi connectivity index (χ1v) is 7.88. The van der Waals surface area contributed by atoms with E-state index >= 15 is 0 Å². The Hall–Kier alpha value is -1.91. The quantitative estimate of drug-likeness (QED) is 0.788. The van der Waals surface area contributed by atoms with Crippen LogP contribution in [-0.2, 0) is 4.79 Å². The summed E-state index contributed by atoms with van der Waals surface area (Å²) in [6.45, 7) is 2.44. The molecule has 4 nitrogen and oxygen atoms in total. The van der Waals surface area contributed by atoms with Gasteiger partial charge in [0.1, 0.15) is 5.75 Å². The van der Waals surface area contributed by atoms with Crippen molar-refractivity contribution in [2.24, 2.45) is 0 Å². The molecular formula is C17H18Cl2N2O2. The Morgan fingerprint density at radius 1 is 1.13 bits per heavy atom. The number of halogens is 2. The summed E-state index contributed by atoms with van der Waals surface area (Å²) in [5.41, 5.74) is 2.54. The first kappa shape index (κ1) is 17.4. The number of carbonyl (C=O) groups excluding carboxylic acids is 1. The molecule has 6 heteroatoms. The third-order valence-corrected chi connectivity index (χ3v) is 3.97. The second-order valence-electron chi connectivity index (χ2n) is 5.06. The molecule has 2 rings (SSSR count). The molecule has 0 heterocycles. The fourth-order valence-corrected chi connectivity index (χ4v) is 2.36. The van der Waals surface area contributed by atoms with Gasteiger partial charge < -0.3 is 15.4 Å². The van der Waals surface area contributed by atoms with Crippen LogP contribution in [0.15, 0.2) is 36.4 Å². The molecule has 2 N–H and O–H groups in total. The maximum absolute atomic E-state index is 12.0. The number of hydrogen-bond donors (Lipinski definition) is 2. The van der Waals surface area contributed by atoms with Gasteiger partial charge in [0.15, 0.2) is 0 Å². The predicted octanol–water partition coefficient (Wildman–Crippen LogP) is 4.75. The van der Waals surface area contributed by atoms with Crippen molar-refractivity contribution in [3.05, 3.63) is 52.0 Å². The number of benzene rings is 2. The van der Waals surface area contributed by atoms with Crippen LogP contribution in [-0.4, -0.2) is 19.6 Å². The number of ether oxygens (including phenoxy) is 1. The number of anilines is 2. The third-order valence-electron chi connectivity index (χ3n) is 3.23. The number of amides is 1. The zero-order chi connectivity index (χ0) is 16.8. The van der Waals surface area contributed by atoms with Crippen molar-refractivity contribution in [2.45, 2.75) is 13.3 Å². The number of rotatable bonds is 6. The highest BCUT2D eigenvalue weighted by Gasteiger charge is 2.08. The first-order valence-electron chi connectivity index (χ1n) is 7.13. The molecule has 0 saturated carbocycles. The predicted molar refractivity (Wildman–Crippen MR) is 95.9 cm³/mol. The van der Waals surface area contributed by atoms with Gasteiger partial charge >= 0.3 is 0 Å². The smallest absolute Gasteiger partial charge is 0.226 e. The fraction of sp³-hybridized carbons (Fsp3) is 0.235. The average Bonchev–Trinajstić information content (AvgIpc) is 2.51. The van der Waals surface area contributed by atoms with Crippen LogP contribution in [0.3, 0.4) is 0 Å². The topological polar surface area (TPSA) is 50.4 Å². The van der Waals surface area contributed by atoms with Crippen molar-refractivity contribution in [1.29, 1.82) is 0 Å². The van der Waals surface area contributed by atoms with Crippen molar-refractivity contribution in [3.8, 4) is 5.75 Å². The lowest BCUT2D eigenvalue weighted by Crippen LogP contribution is -2.16. The van der Waals surface area contributed by atoms with Gasteiger partial charge in [-0.15, -0.1) is 0 Å². The van der Waals surface area contributed by atoms with Crippen molar-refractivity contribution in [3.63, 3.8) is 0 Å². The zero-order valence-corrected chi connectivity index (χ0v) is 14.5. The van der Waals surface area contributed by atoms with E-state index in [1.165, 1.54) is 0 Å². The van der Waals surface area contributed by atoms with Gasteiger partial charge in [-0.3, -0.25) is 4.79 Å². The van der Waals surface area contributed by atoms with E-state index in [9.17, 15) is 4.79 Å². The van der Waals surface area contributed by atoms with Gasteiger partial charge in [0.05, 0.1) is 22.8 Å². The van der Waals surface area contributed by atoms with E-state index < -0.39 is 0 Å². The normalized spacial score (nSPS) is 10.3. The molecule has 0 atom stereocenters. The van der Waals surface area contributed by atoms with Gasteiger partial charge in [-0.1, -0.05) is 29.3 Å². The van der Waals surface area contributed by atoms with Gasteiger partial charge in [0.2, 0.25) is 5.91 Å². The van der Waals surface area contributed by atoms with Crippen LogP contribution in [0.2, 0.25) is 10.0 Å². The van der Waals surface area contributed by atoms with E-state index in [2.05, 4.69) is 10.6 Å². The minimum atomic E-state index is -0.0959. The zero-order valence-electron chi connectivity index (χ0n) is 13.0. The van der Waals surface area contributed by atoms with E-state index in [1.54, 1.807) is 19.2 Å². The SMILES string of the molecule is COc1ccc(C)cc1NC(=O)CCNc1ccc(Cl)c(Cl)c1. The Morgan fingerprint density at radius 2 is 1.91 bits per heavy atom. The lowest BCUT2D eigenvalue weighted by Gasteiger charge is -2.12. The summed E-state index contributed by atoms with van der Waals surface area (Å²) in [6, 6.07) is 10.9. The lowest BCUT2D eigenvalue weighted by atomic mass is 10.2. The lowest BCUT2D eigenvalue weighted by molar-refractivity contribution is -0.115. The maximum Gasteiger partial charge on any atom is 0.226 e. The summed E-state index contributed by atoms with van der Waals surface area (Å²) in [4.78, 5) is 12.0. The number of nitrogens with one attached hydrogen (secondary N) is 2. The molecule has 0 fully saturated rings. The third kappa shape index (κ3) is 5.05. The Morgan fingerprint density at radius 3 is 2.61 bits per heavy atom. The monoisotopic (exact) mass is 352 g/mol. The molecular weight excluding hydrogens is 335 g/mol. The van der Waals surface area contributed by atoms with E-state index in [4.69, 9.17) is 27.9 Å². The van der Waals surface area contributed by atoms with Crippen molar-refractivity contribution < 1.29 is 9.53 Å². The van der Waals surface area contributed by atoms with Crippen molar-refractivity contribution in [1.82, 2.24) is 0 Å². The van der Waals surface area contributed by atoms with Crippen LogP contribution < -0.4 is 15.4 Å². The van der Waals surface area contributed by atoms with Crippen molar-refractivity contribution >= 4 is 40.5 Å². The number of methoxy groups -OCH3 is 1. The van der Waals surface area contributed by atoms with Crippen molar-refractivity contribution in [2.75, 3.05) is 24.3 Å². The molecule has 0 aliphatic rings. The summed E-state index contributed by atoms with van der Waals surface area (Å²) in [5.74, 6) is 0.544. The Labute approximate surface area is 145 Å². The summed E-state index contributed by atoms with van der Waals surface area (Å²) >= 11 is 11.8. The Kier molecular flexibility index (Phi) is 6.13. The minimum Gasteiger partial charge on any atom is -0.495 e. The van der Waals surface area contributed by atoms with Gasteiger partial charge in [-0.05, 0) is 42.8 Å². The van der Waals surface area contributed by atoms with E-state index in [-0.39, 0.29) is 5.91 Å². The first-order chi connectivity index (χ1) is 11.0. The van der Waals surface area contributed by atoms with Crippen LogP contribution >= 0.6 is 23.2 Å². The number of aryl methyl sites for hydroxylation is 1. The molecule has 23 heavy (non-hydrogen) atoms. The molecule has 2 aromatic carbocycles. The van der Waals surface area contributed by atoms with E-state index in [0.29, 0.717) is 34.4 Å². The number of carbonyl (C=O) groups is 1. The summed E-state index contributed by atoms with van der Waals surface area (Å²) in [6.07, 6.45) is 0.317. The van der Waals surface area contributed by atoms with Crippen LogP contribution in [0, 0.1) is 6.92 Å². The molecule has 1 amide bonds. The van der Waals surface area contributed by atoms with Crippen LogP contribution in [0.5, 0.6) is 5.75 Å². The molecule has 0 radical (unpaired) electrons. The van der Waals surface area contributed by atoms with Crippen LogP contribution in [0.25, 0.3) is 0 Å². The highest BCUT2D eigenvalue weighted by molar-refractivity contribution is 6.42. The van der Waals surface area contributed by atoms with Gasteiger partial charge in [-0.2, -0.15) is 0 Å². The molecule has 0 unspecified atom stereocenters. The van der Waals surface area contributed by atoms with E-state index in [0.717, 1.165) is 11.3 Å². The summed E-state index contributed by atoms with van der Waals surface area (Å²) in [7, 11) is 1.58.